The van der Waals surface area contributed by atoms with E-state index in [0.29, 0.717) is 6.42 Å². The number of para-hydroxylation sites is 2. The van der Waals surface area contributed by atoms with E-state index in [9.17, 15) is 18.7 Å². The second kappa shape index (κ2) is 8.41. The van der Waals surface area contributed by atoms with Crippen molar-refractivity contribution in [3.05, 3.63) is 24.3 Å². The molecular weight excluding hydrogens is 282 g/mol. The zero-order valence-corrected chi connectivity index (χ0v) is 12.0. The molecule has 0 saturated heterocycles. The SMILES string of the molecule is CC(C)C(O)CCNC(=O)Nc1ccccc1OC(F)F. The Morgan fingerprint density at radius 2 is 2.00 bits per heavy atom. The molecule has 1 aromatic carbocycles. The predicted molar refractivity (Wildman–Crippen MR) is 75.6 cm³/mol. The number of rotatable bonds is 7. The molecule has 0 radical (unpaired) electrons. The van der Waals surface area contributed by atoms with Crippen LogP contribution in [0, 0.1) is 5.92 Å². The highest BCUT2D eigenvalue weighted by molar-refractivity contribution is 5.90. The molecule has 1 aromatic rings. The first-order valence-corrected chi connectivity index (χ1v) is 6.67. The summed E-state index contributed by atoms with van der Waals surface area (Å²) in [7, 11) is 0. The van der Waals surface area contributed by atoms with E-state index >= 15 is 0 Å². The smallest absolute Gasteiger partial charge is 0.387 e. The van der Waals surface area contributed by atoms with Crippen LogP contribution < -0.4 is 15.4 Å². The van der Waals surface area contributed by atoms with Crippen LogP contribution in [-0.2, 0) is 0 Å². The van der Waals surface area contributed by atoms with Crippen LogP contribution >= 0.6 is 0 Å². The Labute approximate surface area is 122 Å². The third kappa shape index (κ3) is 6.40. The zero-order chi connectivity index (χ0) is 15.8. The van der Waals surface area contributed by atoms with Crippen LogP contribution in [0.5, 0.6) is 5.75 Å². The summed E-state index contributed by atoms with van der Waals surface area (Å²) in [4.78, 5) is 11.7. The monoisotopic (exact) mass is 302 g/mol. The fraction of sp³-hybridized carbons (Fsp3) is 0.500. The minimum atomic E-state index is -2.96. The zero-order valence-electron chi connectivity index (χ0n) is 12.0. The van der Waals surface area contributed by atoms with Crippen LogP contribution in [0.4, 0.5) is 19.3 Å². The van der Waals surface area contributed by atoms with Gasteiger partial charge in [0.1, 0.15) is 5.75 Å². The molecule has 0 bridgehead atoms. The van der Waals surface area contributed by atoms with Gasteiger partial charge in [0.05, 0.1) is 11.8 Å². The lowest BCUT2D eigenvalue weighted by molar-refractivity contribution is -0.0493. The van der Waals surface area contributed by atoms with Crippen molar-refractivity contribution < 1.29 is 23.4 Å². The summed E-state index contributed by atoms with van der Waals surface area (Å²) in [5.41, 5.74) is 0.153. The summed E-state index contributed by atoms with van der Waals surface area (Å²) < 4.78 is 28.8. The van der Waals surface area contributed by atoms with E-state index < -0.39 is 18.7 Å². The van der Waals surface area contributed by atoms with E-state index in [2.05, 4.69) is 15.4 Å². The molecule has 0 aliphatic rings. The first-order valence-electron chi connectivity index (χ1n) is 6.67. The van der Waals surface area contributed by atoms with Gasteiger partial charge < -0.3 is 20.5 Å². The van der Waals surface area contributed by atoms with Gasteiger partial charge in [0.15, 0.2) is 0 Å². The van der Waals surface area contributed by atoms with Crippen LogP contribution in [0.15, 0.2) is 24.3 Å². The number of urea groups is 1. The van der Waals surface area contributed by atoms with E-state index in [1.165, 1.54) is 18.2 Å². The molecule has 7 heteroatoms. The van der Waals surface area contributed by atoms with Gasteiger partial charge in [-0.25, -0.2) is 4.79 Å². The summed E-state index contributed by atoms with van der Waals surface area (Å²) in [6.45, 7) is 1.08. The number of hydrogen-bond acceptors (Lipinski definition) is 3. The molecule has 0 aliphatic heterocycles. The van der Waals surface area contributed by atoms with Crippen LogP contribution in [0.3, 0.4) is 0 Å². The molecule has 1 rings (SSSR count). The third-order valence-corrected chi connectivity index (χ3v) is 2.85. The maximum absolute atomic E-state index is 12.2. The lowest BCUT2D eigenvalue weighted by Crippen LogP contribution is -2.32. The van der Waals surface area contributed by atoms with Gasteiger partial charge in [-0.3, -0.25) is 0 Å². The number of aliphatic hydroxyl groups is 1. The van der Waals surface area contributed by atoms with Gasteiger partial charge in [-0.15, -0.1) is 0 Å². The Balaban J connectivity index is 2.48. The highest BCUT2D eigenvalue weighted by atomic mass is 19.3. The van der Waals surface area contributed by atoms with Crippen molar-refractivity contribution in [2.75, 3.05) is 11.9 Å². The van der Waals surface area contributed by atoms with Crippen molar-refractivity contribution in [3.8, 4) is 5.75 Å². The molecule has 118 valence electrons. The van der Waals surface area contributed by atoms with E-state index in [4.69, 9.17) is 0 Å². The predicted octanol–water partition coefficient (Wildman–Crippen LogP) is 2.82. The van der Waals surface area contributed by atoms with E-state index in [1.807, 2.05) is 13.8 Å². The molecule has 0 heterocycles. The van der Waals surface area contributed by atoms with Gasteiger partial charge in [-0.1, -0.05) is 26.0 Å². The van der Waals surface area contributed by atoms with Crippen LogP contribution in [0.25, 0.3) is 0 Å². The Bertz CT molecular complexity index is 456. The van der Waals surface area contributed by atoms with Gasteiger partial charge in [0, 0.05) is 6.54 Å². The number of benzene rings is 1. The second-order valence-corrected chi connectivity index (χ2v) is 4.86. The Kier molecular flexibility index (Phi) is 6.87. The van der Waals surface area contributed by atoms with Crippen molar-refractivity contribution in [2.45, 2.75) is 33.0 Å². The van der Waals surface area contributed by atoms with Gasteiger partial charge >= 0.3 is 12.6 Å². The molecule has 21 heavy (non-hydrogen) atoms. The number of carbonyl (C=O) groups is 1. The molecule has 5 nitrogen and oxygen atoms in total. The highest BCUT2D eigenvalue weighted by Crippen LogP contribution is 2.25. The molecule has 1 unspecified atom stereocenters. The molecule has 0 fully saturated rings. The molecule has 1 atom stereocenters. The van der Waals surface area contributed by atoms with E-state index in [1.54, 1.807) is 6.07 Å². The van der Waals surface area contributed by atoms with Gasteiger partial charge in [0.25, 0.3) is 0 Å². The van der Waals surface area contributed by atoms with Crippen LogP contribution in [-0.4, -0.2) is 30.4 Å². The summed E-state index contributed by atoms with van der Waals surface area (Å²) in [6, 6.07) is 5.37. The summed E-state index contributed by atoms with van der Waals surface area (Å²) in [5.74, 6) is -0.0000980. The lowest BCUT2D eigenvalue weighted by atomic mass is 10.0. The molecule has 0 aliphatic carbocycles. The lowest BCUT2D eigenvalue weighted by Gasteiger charge is -2.15. The number of halogens is 2. The number of nitrogens with one attached hydrogen (secondary N) is 2. The first kappa shape index (κ1) is 17.2. The van der Waals surface area contributed by atoms with Crippen molar-refractivity contribution in [3.63, 3.8) is 0 Å². The van der Waals surface area contributed by atoms with Crippen molar-refractivity contribution >= 4 is 11.7 Å². The largest absolute Gasteiger partial charge is 0.433 e. The standard InChI is InChI=1S/C14H20F2N2O3/c1-9(2)11(19)7-8-17-14(20)18-10-5-3-4-6-12(10)21-13(15)16/h3-6,9,11,13,19H,7-8H2,1-2H3,(H2,17,18,20). The van der Waals surface area contributed by atoms with E-state index in [0.717, 1.165) is 0 Å². The third-order valence-electron chi connectivity index (χ3n) is 2.85. The number of alkyl halides is 2. The minimum absolute atomic E-state index is 0.107. The molecular formula is C14H20F2N2O3. The highest BCUT2D eigenvalue weighted by Gasteiger charge is 2.12. The fourth-order valence-corrected chi connectivity index (χ4v) is 1.60. The number of amides is 2. The second-order valence-electron chi connectivity index (χ2n) is 4.86. The minimum Gasteiger partial charge on any atom is -0.433 e. The first-order chi connectivity index (χ1) is 9.90. The van der Waals surface area contributed by atoms with Crippen LogP contribution in [0.1, 0.15) is 20.3 Å². The Morgan fingerprint density at radius 3 is 2.62 bits per heavy atom. The fourth-order valence-electron chi connectivity index (χ4n) is 1.60. The average molecular weight is 302 g/mol. The quantitative estimate of drug-likeness (QED) is 0.725. The molecule has 3 N–H and O–H groups in total. The topological polar surface area (TPSA) is 70.6 Å². The van der Waals surface area contributed by atoms with E-state index in [-0.39, 0.29) is 23.9 Å². The normalized spacial score (nSPS) is 12.3. The van der Waals surface area contributed by atoms with Gasteiger partial charge in [0.2, 0.25) is 0 Å². The Hall–Kier alpha value is -1.89. The molecule has 2 amide bonds. The number of anilines is 1. The summed E-state index contributed by atoms with van der Waals surface area (Å²) in [6.07, 6.45) is -0.0833. The van der Waals surface area contributed by atoms with Gasteiger partial charge in [-0.05, 0) is 24.5 Å². The number of carbonyl (C=O) groups excluding carboxylic acids is 1. The maximum Gasteiger partial charge on any atom is 0.387 e. The summed E-state index contributed by atoms with van der Waals surface area (Å²) >= 11 is 0. The number of hydrogen-bond donors (Lipinski definition) is 3. The molecule has 0 saturated carbocycles. The Morgan fingerprint density at radius 1 is 1.33 bits per heavy atom. The van der Waals surface area contributed by atoms with Crippen molar-refractivity contribution in [1.82, 2.24) is 5.32 Å². The number of aliphatic hydroxyl groups excluding tert-OH is 1. The molecule has 0 spiro atoms. The maximum atomic E-state index is 12.2. The molecule has 0 aromatic heterocycles. The average Bonchev–Trinajstić information content (AvgIpc) is 2.40. The number of ether oxygens (including phenoxy) is 1. The van der Waals surface area contributed by atoms with Crippen molar-refractivity contribution in [1.29, 1.82) is 0 Å². The van der Waals surface area contributed by atoms with Crippen LogP contribution in [0.2, 0.25) is 0 Å². The summed E-state index contributed by atoms with van der Waals surface area (Å²) in [5, 5.41) is 14.6. The van der Waals surface area contributed by atoms with Crippen molar-refractivity contribution in [2.24, 2.45) is 5.92 Å². The van der Waals surface area contributed by atoms with Gasteiger partial charge in [-0.2, -0.15) is 8.78 Å².